The van der Waals surface area contributed by atoms with Crippen molar-refractivity contribution in [1.82, 2.24) is 10.0 Å². The standard InChI is InChI=1S/C17H25N5O3S/c1-13(23)20-14-7-9-16(10-8-14)26(24,25)21-17-18-11-22(12-19-17)15-5-3-2-4-6-15/h7-10,15H,2-6,11-12H2,1H3,(H,20,23)(H2,18,19,21)/p+1. The molecule has 1 atom stereocenters. The van der Waals surface area contributed by atoms with Crippen LogP contribution in [0.15, 0.2) is 34.2 Å². The molecule has 9 heteroatoms. The maximum absolute atomic E-state index is 12.5. The SMILES string of the molecule is CC(=O)Nc1ccc(S(=O)(=O)NC2=NC[NH+](C3CCCCC3)CN2)cc1. The summed E-state index contributed by atoms with van der Waals surface area (Å²) in [6.07, 6.45) is 6.28. The Morgan fingerprint density at radius 1 is 1.19 bits per heavy atom. The molecule has 0 spiro atoms. The first-order chi connectivity index (χ1) is 12.4. The molecule has 1 amide bonds. The average Bonchev–Trinajstić information content (AvgIpc) is 2.63. The summed E-state index contributed by atoms with van der Waals surface area (Å²) in [6.45, 7) is 2.65. The van der Waals surface area contributed by atoms with E-state index in [9.17, 15) is 13.2 Å². The molecule has 1 aromatic rings. The Hall–Kier alpha value is -2.13. The van der Waals surface area contributed by atoms with E-state index in [1.54, 1.807) is 12.1 Å². The predicted molar refractivity (Wildman–Crippen MR) is 99.2 cm³/mol. The van der Waals surface area contributed by atoms with Crippen LogP contribution in [0.2, 0.25) is 0 Å². The van der Waals surface area contributed by atoms with Gasteiger partial charge in [-0.1, -0.05) is 6.42 Å². The summed E-state index contributed by atoms with van der Waals surface area (Å²) >= 11 is 0. The molecule has 4 N–H and O–H groups in total. The van der Waals surface area contributed by atoms with Crippen LogP contribution in [-0.2, 0) is 14.8 Å². The molecular formula is C17H26N5O3S+. The van der Waals surface area contributed by atoms with Crippen LogP contribution >= 0.6 is 0 Å². The van der Waals surface area contributed by atoms with Gasteiger partial charge in [0.2, 0.25) is 11.9 Å². The first-order valence-corrected chi connectivity index (χ1v) is 10.5. The molecule has 1 saturated carbocycles. The van der Waals surface area contributed by atoms with Crippen LogP contribution in [0, 0.1) is 0 Å². The highest BCUT2D eigenvalue weighted by Crippen LogP contribution is 2.16. The number of hydrogen-bond donors (Lipinski definition) is 4. The highest BCUT2D eigenvalue weighted by molar-refractivity contribution is 7.90. The van der Waals surface area contributed by atoms with Gasteiger partial charge in [0.1, 0.15) is 0 Å². The molecule has 1 heterocycles. The Balaban J connectivity index is 1.60. The number of rotatable bonds is 4. The number of carbonyl (C=O) groups is 1. The number of guanidine groups is 1. The minimum absolute atomic E-state index is 0.123. The lowest BCUT2D eigenvalue weighted by Crippen LogP contribution is -3.18. The topological polar surface area (TPSA) is 104 Å². The van der Waals surface area contributed by atoms with E-state index in [4.69, 9.17) is 0 Å². The zero-order valence-electron chi connectivity index (χ0n) is 14.9. The smallest absolute Gasteiger partial charge is 0.264 e. The summed E-state index contributed by atoms with van der Waals surface area (Å²) in [5, 5.41) is 5.70. The summed E-state index contributed by atoms with van der Waals surface area (Å²) in [6, 6.07) is 6.63. The third kappa shape index (κ3) is 4.73. The Labute approximate surface area is 154 Å². The minimum atomic E-state index is -3.71. The van der Waals surface area contributed by atoms with Crippen LogP contribution in [-0.4, -0.2) is 39.7 Å². The molecule has 1 aliphatic heterocycles. The first-order valence-electron chi connectivity index (χ1n) is 8.97. The van der Waals surface area contributed by atoms with Gasteiger partial charge in [-0.15, -0.1) is 0 Å². The van der Waals surface area contributed by atoms with E-state index in [0.29, 0.717) is 25.1 Å². The minimum Gasteiger partial charge on any atom is -0.326 e. The van der Waals surface area contributed by atoms with Crippen molar-refractivity contribution in [2.75, 3.05) is 18.7 Å². The molecule has 8 nitrogen and oxygen atoms in total. The molecule has 0 aromatic heterocycles. The number of benzene rings is 1. The number of nitrogens with zero attached hydrogens (tertiary/aromatic N) is 1. The van der Waals surface area contributed by atoms with E-state index in [-0.39, 0.29) is 16.8 Å². The second-order valence-corrected chi connectivity index (χ2v) is 8.51. The molecule has 0 saturated heterocycles. The Kier molecular flexibility index (Phi) is 5.77. The summed E-state index contributed by atoms with van der Waals surface area (Å²) in [5.41, 5.74) is 0.552. The lowest BCUT2D eigenvalue weighted by molar-refractivity contribution is -0.929. The molecule has 2 aliphatic rings. The Morgan fingerprint density at radius 2 is 1.88 bits per heavy atom. The molecular weight excluding hydrogens is 354 g/mol. The van der Waals surface area contributed by atoms with E-state index in [0.717, 1.165) is 0 Å². The fraction of sp³-hybridized carbons (Fsp3) is 0.529. The van der Waals surface area contributed by atoms with Crippen molar-refractivity contribution in [3.8, 4) is 0 Å². The number of sulfonamides is 1. The number of hydrogen-bond acceptors (Lipinski definition) is 5. The maximum atomic E-state index is 12.5. The Bertz CT molecular complexity index is 770. The van der Waals surface area contributed by atoms with Gasteiger partial charge >= 0.3 is 0 Å². The molecule has 142 valence electrons. The zero-order chi connectivity index (χ0) is 18.6. The van der Waals surface area contributed by atoms with Crippen molar-refractivity contribution in [2.45, 2.75) is 50.0 Å². The van der Waals surface area contributed by atoms with Gasteiger partial charge in [0.05, 0.1) is 10.9 Å². The second-order valence-electron chi connectivity index (χ2n) is 6.82. The van der Waals surface area contributed by atoms with Gasteiger partial charge in [-0.2, -0.15) is 4.99 Å². The van der Waals surface area contributed by atoms with Crippen molar-refractivity contribution in [1.29, 1.82) is 0 Å². The number of amides is 1. The van der Waals surface area contributed by atoms with E-state index < -0.39 is 10.0 Å². The Morgan fingerprint density at radius 3 is 2.46 bits per heavy atom. The van der Waals surface area contributed by atoms with Crippen molar-refractivity contribution < 1.29 is 18.1 Å². The number of aliphatic imine (C=N–C) groups is 1. The summed E-state index contributed by atoms with van der Waals surface area (Å²) in [5.74, 6) is 0.0833. The lowest BCUT2D eigenvalue weighted by Gasteiger charge is -2.33. The van der Waals surface area contributed by atoms with Crippen molar-refractivity contribution in [2.24, 2.45) is 4.99 Å². The molecule has 3 rings (SSSR count). The van der Waals surface area contributed by atoms with Gasteiger partial charge in [-0.3, -0.25) is 9.69 Å². The quantitative estimate of drug-likeness (QED) is 0.591. The highest BCUT2D eigenvalue weighted by atomic mass is 32.2. The molecule has 0 radical (unpaired) electrons. The average molecular weight is 380 g/mol. The number of carbonyl (C=O) groups excluding carboxylic acids is 1. The van der Waals surface area contributed by atoms with Crippen LogP contribution in [0.1, 0.15) is 39.0 Å². The van der Waals surface area contributed by atoms with E-state index in [2.05, 4.69) is 20.3 Å². The highest BCUT2D eigenvalue weighted by Gasteiger charge is 2.27. The third-order valence-corrected chi connectivity index (χ3v) is 6.18. The molecule has 1 aliphatic carbocycles. The number of anilines is 1. The van der Waals surface area contributed by atoms with Crippen LogP contribution in [0.5, 0.6) is 0 Å². The summed E-state index contributed by atoms with van der Waals surface area (Å²) in [4.78, 5) is 16.9. The van der Waals surface area contributed by atoms with Gasteiger partial charge in [-0.25, -0.2) is 13.1 Å². The van der Waals surface area contributed by atoms with Gasteiger partial charge < -0.3 is 10.6 Å². The number of nitrogens with one attached hydrogen (secondary N) is 4. The monoisotopic (exact) mass is 380 g/mol. The largest absolute Gasteiger partial charge is 0.326 e. The van der Waals surface area contributed by atoms with E-state index in [1.807, 2.05) is 0 Å². The normalized spacial score (nSPS) is 21.4. The third-order valence-electron chi connectivity index (χ3n) is 4.82. The summed E-state index contributed by atoms with van der Waals surface area (Å²) < 4.78 is 27.5. The van der Waals surface area contributed by atoms with Gasteiger partial charge in [0, 0.05) is 12.6 Å². The first kappa shape index (κ1) is 18.7. The molecule has 26 heavy (non-hydrogen) atoms. The number of quaternary nitrogens is 1. The van der Waals surface area contributed by atoms with Crippen LogP contribution in [0.25, 0.3) is 0 Å². The van der Waals surface area contributed by atoms with Crippen molar-refractivity contribution >= 4 is 27.6 Å². The van der Waals surface area contributed by atoms with E-state index >= 15 is 0 Å². The van der Waals surface area contributed by atoms with Crippen LogP contribution < -0.4 is 20.3 Å². The maximum Gasteiger partial charge on any atom is 0.264 e. The van der Waals surface area contributed by atoms with Gasteiger partial charge in [0.25, 0.3) is 10.0 Å². The lowest BCUT2D eigenvalue weighted by atomic mass is 9.94. The van der Waals surface area contributed by atoms with Crippen molar-refractivity contribution in [3.63, 3.8) is 0 Å². The predicted octanol–water partition coefficient (Wildman–Crippen LogP) is 0.0151. The van der Waals surface area contributed by atoms with Gasteiger partial charge in [-0.05, 0) is 49.9 Å². The summed E-state index contributed by atoms with van der Waals surface area (Å²) in [7, 11) is -3.71. The van der Waals surface area contributed by atoms with Gasteiger partial charge in [0.15, 0.2) is 13.3 Å². The van der Waals surface area contributed by atoms with Crippen LogP contribution in [0.3, 0.4) is 0 Å². The van der Waals surface area contributed by atoms with E-state index in [1.165, 1.54) is 56.1 Å². The molecule has 0 bridgehead atoms. The molecule has 1 aromatic carbocycles. The second kappa shape index (κ2) is 8.05. The molecule has 1 unspecified atom stereocenters. The van der Waals surface area contributed by atoms with Crippen LogP contribution in [0.4, 0.5) is 5.69 Å². The zero-order valence-corrected chi connectivity index (χ0v) is 15.7. The molecule has 1 fully saturated rings. The van der Waals surface area contributed by atoms with Crippen molar-refractivity contribution in [3.05, 3.63) is 24.3 Å². The fourth-order valence-electron chi connectivity index (χ4n) is 3.45. The fourth-order valence-corrected chi connectivity index (χ4v) is 4.45.